The molecule has 0 rings (SSSR count). The van der Waals surface area contributed by atoms with Crippen LogP contribution in [0.2, 0.25) is 19.6 Å². The van der Waals surface area contributed by atoms with Crippen LogP contribution in [0.4, 0.5) is 0 Å². The monoisotopic (exact) mass is 236 g/mol. The topological polar surface area (TPSA) is 49.7 Å². The van der Waals surface area contributed by atoms with E-state index in [2.05, 4.69) is 13.2 Å². The molecule has 0 aromatic rings. The first kappa shape index (κ1) is 14.0. The zero-order valence-electron chi connectivity index (χ0n) is 9.23. The van der Waals surface area contributed by atoms with E-state index in [0.29, 0.717) is 0 Å². The average molecular weight is 236 g/mol. The van der Waals surface area contributed by atoms with Crippen LogP contribution in [0.1, 0.15) is 0 Å². The van der Waals surface area contributed by atoms with Gasteiger partial charge in [0, 0.05) is 0 Å². The molecule has 0 bridgehead atoms. The van der Waals surface area contributed by atoms with Crippen molar-refractivity contribution in [1.29, 1.82) is 0 Å². The summed E-state index contributed by atoms with van der Waals surface area (Å²) in [5.74, 6) is 0. The molecule has 0 spiro atoms. The van der Waals surface area contributed by atoms with Gasteiger partial charge in [0.25, 0.3) is 0 Å². The molecule has 0 unspecified atom stereocenters. The fourth-order valence-electron chi connectivity index (χ4n) is 1.30. The van der Waals surface area contributed by atoms with E-state index in [4.69, 9.17) is 4.21 Å². The van der Waals surface area contributed by atoms with Crippen molar-refractivity contribution in [3.8, 4) is 0 Å². The predicted octanol–water partition coefficient (Wildman–Crippen LogP) is 2.49. The minimum absolute atomic E-state index is 0.0991. The van der Waals surface area contributed by atoms with Crippen LogP contribution >= 0.6 is 7.28 Å². The van der Waals surface area contributed by atoms with Crippen LogP contribution < -0.4 is 0 Å². The molecule has 14 heavy (non-hydrogen) atoms. The molecule has 5 heteroatoms. The third-order valence-corrected chi connectivity index (χ3v) is 7.34. The van der Waals surface area contributed by atoms with E-state index in [0.717, 1.165) is 0 Å². The summed E-state index contributed by atoms with van der Waals surface area (Å²) in [6.45, 7) is 12.8. The van der Waals surface area contributed by atoms with E-state index in [1.807, 2.05) is 19.6 Å². The Morgan fingerprint density at radius 3 is 1.71 bits per heavy atom. The van der Waals surface area contributed by atoms with Gasteiger partial charge in [-0.25, -0.2) is 0 Å². The van der Waals surface area contributed by atoms with Gasteiger partial charge in [-0.05, 0) is 0 Å². The van der Waals surface area contributed by atoms with Crippen LogP contribution in [0.15, 0.2) is 25.3 Å². The van der Waals surface area contributed by atoms with E-state index >= 15 is 0 Å². The van der Waals surface area contributed by atoms with E-state index in [9.17, 15) is 9.79 Å². The maximum atomic E-state index is 10.2. The van der Waals surface area contributed by atoms with Crippen LogP contribution in [0.25, 0.3) is 0 Å². The van der Waals surface area contributed by atoms with Crippen LogP contribution in [0.5, 0.6) is 0 Å². The summed E-state index contributed by atoms with van der Waals surface area (Å²) < 4.78 is 5.53. The predicted molar refractivity (Wildman–Crippen MR) is 65.9 cm³/mol. The summed E-state index contributed by atoms with van der Waals surface area (Å²) in [5.41, 5.74) is 0. The zero-order chi connectivity index (χ0) is 11.5. The molecule has 0 heterocycles. The Hall–Kier alpha value is 0.00688. The molecule has 0 radical (unpaired) electrons. The van der Waals surface area contributed by atoms with Gasteiger partial charge in [0.15, 0.2) is 0 Å². The Kier molecular flexibility index (Phi) is 4.25. The molecule has 0 saturated heterocycles. The van der Waals surface area contributed by atoms with Crippen molar-refractivity contribution in [2.24, 2.45) is 0 Å². The van der Waals surface area contributed by atoms with E-state index in [-0.39, 0.29) is 12.3 Å². The van der Waals surface area contributed by atoms with Crippen molar-refractivity contribution in [2.75, 3.05) is 12.3 Å². The van der Waals surface area contributed by atoms with E-state index in [1.165, 1.54) is 12.2 Å². The van der Waals surface area contributed by atoms with Gasteiger partial charge in [-0.3, -0.25) is 0 Å². The first-order valence-corrected chi connectivity index (χ1v) is 10.4. The second-order valence-electron chi connectivity index (χ2n) is 4.45. The van der Waals surface area contributed by atoms with Gasteiger partial charge >= 0.3 is 86.9 Å². The van der Waals surface area contributed by atoms with Gasteiger partial charge in [0.2, 0.25) is 0 Å². The number of hydrogen-bond donors (Lipinski definition) is 2. The SMILES string of the molecule is C=CCP(O)(O)(CC=C)O[Si](C)(C)C. The first-order chi connectivity index (χ1) is 6.11. The molecular weight excluding hydrogens is 215 g/mol. The van der Waals surface area contributed by atoms with Crippen molar-refractivity contribution < 1.29 is 14.0 Å². The number of allylic oxidation sites excluding steroid dienone is 2. The Bertz CT molecular complexity index is 219. The molecule has 84 valence electrons. The van der Waals surface area contributed by atoms with Gasteiger partial charge in [0.1, 0.15) is 0 Å². The second-order valence-corrected chi connectivity index (χ2v) is 12.7. The van der Waals surface area contributed by atoms with E-state index in [1.54, 1.807) is 0 Å². The summed E-state index contributed by atoms with van der Waals surface area (Å²) in [4.78, 5) is 20.3. The summed E-state index contributed by atoms with van der Waals surface area (Å²) in [6.07, 6.45) is 3.17. The molecule has 0 aromatic heterocycles. The molecule has 0 aliphatic heterocycles. The summed E-state index contributed by atoms with van der Waals surface area (Å²) in [7, 11) is -6.01. The fourth-order valence-corrected chi connectivity index (χ4v) is 8.14. The minimum atomic E-state index is -4.03. The Balaban J connectivity index is 4.87. The molecule has 2 N–H and O–H groups in total. The standard InChI is InChI=1S/C9H21O3PSi/c1-6-8-13(10,11,9-7-2)12-14(3,4)5/h6-7,10-11H,1-2,8-9H2,3-5H3. The quantitative estimate of drug-likeness (QED) is 0.423. The molecular formula is C9H21O3PSi. The van der Waals surface area contributed by atoms with Crippen LogP contribution in [0.3, 0.4) is 0 Å². The Morgan fingerprint density at radius 2 is 1.50 bits per heavy atom. The van der Waals surface area contributed by atoms with Crippen LogP contribution in [-0.4, -0.2) is 30.4 Å². The number of hydrogen-bond acceptors (Lipinski definition) is 3. The van der Waals surface area contributed by atoms with Gasteiger partial charge in [-0.15, -0.1) is 0 Å². The van der Waals surface area contributed by atoms with E-state index < -0.39 is 15.6 Å². The molecule has 0 saturated carbocycles. The third-order valence-electron chi connectivity index (χ3n) is 1.48. The zero-order valence-corrected chi connectivity index (χ0v) is 11.1. The summed E-state index contributed by atoms with van der Waals surface area (Å²) >= 11 is 0. The second kappa shape index (κ2) is 4.25. The fraction of sp³-hybridized carbons (Fsp3) is 0.556. The van der Waals surface area contributed by atoms with Gasteiger partial charge in [0.05, 0.1) is 0 Å². The molecule has 0 aromatic carbocycles. The maximum absolute atomic E-state index is 10.2. The van der Waals surface area contributed by atoms with Gasteiger partial charge < -0.3 is 0 Å². The third kappa shape index (κ3) is 5.03. The van der Waals surface area contributed by atoms with Crippen molar-refractivity contribution in [3.05, 3.63) is 25.3 Å². The first-order valence-electron chi connectivity index (χ1n) is 4.55. The molecule has 0 amide bonds. The van der Waals surface area contributed by atoms with Gasteiger partial charge in [-0.1, -0.05) is 0 Å². The van der Waals surface area contributed by atoms with Crippen molar-refractivity contribution in [1.82, 2.24) is 0 Å². The van der Waals surface area contributed by atoms with Crippen molar-refractivity contribution in [3.63, 3.8) is 0 Å². The molecule has 0 aliphatic carbocycles. The molecule has 0 fully saturated rings. The molecule has 3 nitrogen and oxygen atoms in total. The van der Waals surface area contributed by atoms with Crippen LogP contribution in [0, 0.1) is 0 Å². The normalized spacial score (nSPS) is 15.6. The van der Waals surface area contributed by atoms with Gasteiger partial charge in [-0.2, -0.15) is 0 Å². The average Bonchev–Trinajstić information content (AvgIpc) is 1.79. The molecule has 0 aliphatic rings. The number of rotatable bonds is 6. The summed E-state index contributed by atoms with van der Waals surface area (Å²) in [6, 6.07) is 0. The Labute approximate surface area is 87.4 Å². The Morgan fingerprint density at radius 1 is 1.14 bits per heavy atom. The molecule has 0 atom stereocenters. The summed E-state index contributed by atoms with van der Waals surface area (Å²) in [5, 5.41) is 0. The van der Waals surface area contributed by atoms with Crippen LogP contribution in [-0.2, 0) is 4.21 Å². The van der Waals surface area contributed by atoms with Crippen molar-refractivity contribution >= 4 is 15.6 Å². The van der Waals surface area contributed by atoms with Crippen molar-refractivity contribution in [2.45, 2.75) is 19.6 Å².